The molecule has 0 aliphatic rings. The third-order valence-electron chi connectivity index (χ3n) is 2.48. The molecule has 5 nitrogen and oxygen atoms in total. The van der Waals surface area contributed by atoms with Crippen molar-refractivity contribution < 1.29 is 27.9 Å². The van der Waals surface area contributed by atoms with Crippen LogP contribution in [0.1, 0.15) is 33.6 Å². The highest BCUT2D eigenvalue weighted by atomic mass is 19.4. The van der Waals surface area contributed by atoms with Gasteiger partial charge in [0.2, 0.25) is 0 Å². The molecule has 0 aliphatic carbocycles. The monoisotopic (exact) mass is 270 g/mol. The number of alkyl halides is 3. The van der Waals surface area contributed by atoms with E-state index in [1.165, 1.54) is 13.8 Å². The Bertz CT molecular complexity index is 320. The third kappa shape index (κ3) is 5.74. The first-order valence-corrected chi connectivity index (χ1v) is 5.39. The maximum absolute atomic E-state index is 12.0. The van der Waals surface area contributed by atoms with Crippen molar-refractivity contribution in [2.75, 3.05) is 0 Å². The van der Waals surface area contributed by atoms with Gasteiger partial charge in [0.25, 0.3) is 0 Å². The summed E-state index contributed by atoms with van der Waals surface area (Å²) in [7, 11) is 0. The number of carboxylic acid groups (broad SMARTS) is 1. The van der Waals surface area contributed by atoms with Gasteiger partial charge in [-0.15, -0.1) is 0 Å². The van der Waals surface area contributed by atoms with Crippen LogP contribution in [-0.4, -0.2) is 34.9 Å². The number of carbonyl (C=O) groups excluding carboxylic acids is 1. The predicted octanol–water partition coefficient (Wildman–Crippen LogP) is 1.88. The van der Waals surface area contributed by atoms with Gasteiger partial charge in [-0.3, -0.25) is 0 Å². The zero-order valence-electron chi connectivity index (χ0n) is 10.4. The summed E-state index contributed by atoms with van der Waals surface area (Å²) in [5, 5.41) is 13.1. The van der Waals surface area contributed by atoms with E-state index < -0.39 is 36.2 Å². The molecule has 18 heavy (non-hydrogen) atoms. The van der Waals surface area contributed by atoms with Crippen LogP contribution in [0.15, 0.2) is 0 Å². The van der Waals surface area contributed by atoms with Crippen molar-refractivity contribution in [2.24, 2.45) is 0 Å². The van der Waals surface area contributed by atoms with Gasteiger partial charge in [0, 0.05) is 6.04 Å². The van der Waals surface area contributed by atoms with Gasteiger partial charge in [-0.1, -0.05) is 6.92 Å². The molecule has 0 saturated heterocycles. The topological polar surface area (TPSA) is 78.4 Å². The van der Waals surface area contributed by atoms with E-state index in [1.54, 1.807) is 6.92 Å². The number of carboxylic acids is 1. The van der Waals surface area contributed by atoms with Crippen LogP contribution in [0.4, 0.5) is 18.0 Å². The summed E-state index contributed by atoms with van der Waals surface area (Å²) in [6, 6.07) is -2.06. The van der Waals surface area contributed by atoms with Crippen LogP contribution in [0.5, 0.6) is 0 Å². The van der Waals surface area contributed by atoms with Crippen molar-refractivity contribution in [3.63, 3.8) is 0 Å². The highest BCUT2D eigenvalue weighted by molar-refractivity contribution is 5.85. The smallest absolute Gasteiger partial charge is 0.391 e. The molecule has 3 N–H and O–H groups in total. The number of hydrogen-bond acceptors (Lipinski definition) is 2. The molecular formula is C10H17F3N2O3. The number of urea groups is 1. The summed E-state index contributed by atoms with van der Waals surface area (Å²) in [6.45, 7) is 4.02. The standard InChI is InChI=1S/C10H17F3N2O3/c1-4-9(3,7(16)17)15-8(18)14-6(2)5-10(11,12)13/h6H,4-5H2,1-3H3,(H,16,17)(H2,14,15,18). The average molecular weight is 270 g/mol. The van der Waals surface area contributed by atoms with Crippen molar-refractivity contribution >= 4 is 12.0 Å². The first-order valence-electron chi connectivity index (χ1n) is 5.39. The minimum Gasteiger partial charge on any atom is -0.480 e. The lowest BCUT2D eigenvalue weighted by Crippen LogP contribution is -2.56. The lowest BCUT2D eigenvalue weighted by molar-refractivity contribution is -0.144. The Morgan fingerprint density at radius 3 is 2.17 bits per heavy atom. The molecule has 2 unspecified atom stereocenters. The van der Waals surface area contributed by atoms with Crippen molar-refractivity contribution in [1.29, 1.82) is 0 Å². The molecule has 0 saturated carbocycles. The average Bonchev–Trinajstić information content (AvgIpc) is 2.13. The number of hydrogen-bond donors (Lipinski definition) is 3. The summed E-state index contributed by atoms with van der Waals surface area (Å²) < 4.78 is 36.1. The highest BCUT2D eigenvalue weighted by Gasteiger charge is 2.34. The minimum atomic E-state index is -4.38. The lowest BCUT2D eigenvalue weighted by atomic mass is 10.00. The first kappa shape index (κ1) is 16.5. The molecule has 106 valence electrons. The van der Waals surface area contributed by atoms with E-state index in [0.29, 0.717) is 0 Å². The molecule has 0 fully saturated rings. The summed E-state index contributed by atoms with van der Waals surface area (Å²) >= 11 is 0. The summed E-state index contributed by atoms with van der Waals surface area (Å²) in [5.74, 6) is -1.25. The maximum atomic E-state index is 12.0. The fourth-order valence-corrected chi connectivity index (χ4v) is 1.20. The van der Waals surface area contributed by atoms with Gasteiger partial charge in [0.15, 0.2) is 0 Å². The molecule has 2 atom stereocenters. The molecule has 0 radical (unpaired) electrons. The van der Waals surface area contributed by atoms with E-state index in [-0.39, 0.29) is 6.42 Å². The van der Waals surface area contributed by atoms with Crippen LogP contribution >= 0.6 is 0 Å². The van der Waals surface area contributed by atoms with Crippen LogP contribution in [0.25, 0.3) is 0 Å². The van der Waals surface area contributed by atoms with Gasteiger partial charge in [0.1, 0.15) is 5.54 Å². The number of amides is 2. The molecule has 0 heterocycles. The Labute approximate surface area is 103 Å². The maximum Gasteiger partial charge on any atom is 0.391 e. The Kier molecular flexibility index (Phi) is 5.44. The van der Waals surface area contributed by atoms with E-state index in [4.69, 9.17) is 5.11 Å². The molecule has 0 aliphatic heterocycles. The summed E-state index contributed by atoms with van der Waals surface area (Å²) in [6.07, 6.45) is -5.44. The first-order chi connectivity index (χ1) is 8.00. The normalized spacial score (nSPS) is 16.6. The number of nitrogens with one attached hydrogen (secondary N) is 2. The second kappa shape index (κ2) is 5.92. The second-order valence-corrected chi connectivity index (χ2v) is 4.31. The van der Waals surface area contributed by atoms with Crippen LogP contribution < -0.4 is 10.6 Å². The number of halogens is 3. The Morgan fingerprint density at radius 2 is 1.83 bits per heavy atom. The van der Waals surface area contributed by atoms with Crippen LogP contribution in [0, 0.1) is 0 Å². The highest BCUT2D eigenvalue weighted by Crippen LogP contribution is 2.21. The van der Waals surface area contributed by atoms with Gasteiger partial charge in [-0.2, -0.15) is 13.2 Å². The summed E-state index contributed by atoms with van der Waals surface area (Å²) in [5.41, 5.74) is -1.50. The van der Waals surface area contributed by atoms with Gasteiger partial charge in [-0.05, 0) is 20.3 Å². The lowest BCUT2D eigenvalue weighted by Gasteiger charge is -2.26. The van der Waals surface area contributed by atoms with E-state index in [1.807, 2.05) is 5.32 Å². The molecule has 0 rings (SSSR count). The molecular weight excluding hydrogens is 253 g/mol. The molecule has 0 aromatic heterocycles. The quantitative estimate of drug-likeness (QED) is 0.713. The predicted molar refractivity (Wildman–Crippen MR) is 58.1 cm³/mol. The van der Waals surface area contributed by atoms with Gasteiger partial charge in [0.05, 0.1) is 6.42 Å². The minimum absolute atomic E-state index is 0.114. The van der Waals surface area contributed by atoms with E-state index >= 15 is 0 Å². The second-order valence-electron chi connectivity index (χ2n) is 4.31. The van der Waals surface area contributed by atoms with Crippen LogP contribution in [-0.2, 0) is 4.79 Å². The molecule has 0 bridgehead atoms. The molecule has 0 spiro atoms. The molecule has 0 aromatic carbocycles. The van der Waals surface area contributed by atoms with Crippen molar-refractivity contribution in [2.45, 2.75) is 51.4 Å². The van der Waals surface area contributed by atoms with Crippen LogP contribution in [0.3, 0.4) is 0 Å². The zero-order valence-corrected chi connectivity index (χ0v) is 10.4. The van der Waals surface area contributed by atoms with Gasteiger partial charge in [-0.25, -0.2) is 9.59 Å². The van der Waals surface area contributed by atoms with Crippen molar-refractivity contribution in [3.8, 4) is 0 Å². The van der Waals surface area contributed by atoms with E-state index in [9.17, 15) is 22.8 Å². The van der Waals surface area contributed by atoms with Crippen LogP contribution in [0.2, 0.25) is 0 Å². The Hall–Kier alpha value is -1.47. The van der Waals surface area contributed by atoms with Crippen molar-refractivity contribution in [3.05, 3.63) is 0 Å². The number of carbonyl (C=O) groups is 2. The Balaban J connectivity index is 4.39. The Morgan fingerprint density at radius 1 is 1.33 bits per heavy atom. The van der Waals surface area contributed by atoms with Crippen molar-refractivity contribution in [1.82, 2.24) is 10.6 Å². The molecule has 2 amide bonds. The molecule has 8 heteroatoms. The number of aliphatic carboxylic acids is 1. The van der Waals surface area contributed by atoms with E-state index in [2.05, 4.69) is 5.32 Å². The fourth-order valence-electron chi connectivity index (χ4n) is 1.20. The summed E-state index contributed by atoms with van der Waals surface area (Å²) in [4.78, 5) is 22.2. The number of rotatable bonds is 5. The van der Waals surface area contributed by atoms with E-state index in [0.717, 1.165) is 0 Å². The fraction of sp³-hybridized carbons (Fsp3) is 0.800. The van der Waals surface area contributed by atoms with Gasteiger partial charge >= 0.3 is 18.2 Å². The third-order valence-corrected chi connectivity index (χ3v) is 2.48. The largest absolute Gasteiger partial charge is 0.480 e. The SMILES string of the molecule is CCC(C)(NC(=O)NC(C)CC(F)(F)F)C(=O)O. The zero-order chi connectivity index (χ0) is 14.6. The molecule has 0 aromatic rings. The van der Waals surface area contributed by atoms with Gasteiger partial charge < -0.3 is 15.7 Å².